The maximum Gasteiger partial charge on any atom is 0.253 e. The van der Waals surface area contributed by atoms with Crippen LogP contribution < -0.4 is 16.6 Å². The van der Waals surface area contributed by atoms with E-state index in [1.165, 1.54) is 17.8 Å². The summed E-state index contributed by atoms with van der Waals surface area (Å²) in [7, 11) is 0. The van der Waals surface area contributed by atoms with Gasteiger partial charge in [-0.05, 0) is 30.7 Å². The van der Waals surface area contributed by atoms with Crippen LogP contribution in [0.3, 0.4) is 0 Å². The summed E-state index contributed by atoms with van der Waals surface area (Å²) in [5, 5.41) is 4.45. The monoisotopic (exact) mass is 324 g/mol. The van der Waals surface area contributed by atoms with Crippen LogP contribution in [0.5, 0.6) is 0 Å². The molecule has 2 aromatic rings. The normalized spacial score (nSPS) is 10.8. The molecule has 1 aromatic carbocycles. The number of halogens is 1. The Morgan fingerprint density at radius 2 is 2.24 bits per heavy atom. The maximum atomic E-state index is 11.4. The second kappa shape index (κ2) is 7.49. The molecule has 5 nitrogen and oxygen atoms in total. The van der Waals surface area contributed by atoms with Crippen molar-refractivity contribution in [2.45, 2.75) is 29.9 Å². The first-order valence-electron chi connectivity index (χ1n) is 6.62. The van der Waals surface area contributed by atoms with E-state index in [0.717, 1.165) is 30.0 Å². The molecule has 0 saturated heterocycles. The third-order valence-corrected chi connectivity index (χ3v) is 3.94. The predicted octanol–water partition coefficient (Wildman–Crippen LogP) is 2.66. The second-order valence-corrected chi connectivity index (χ2v) is 5.97. The lowest BCUT2D eigenvalue weighted by molar-refractivity contribution is 0.669. The van der Waals surface area contributed by atoms with E-state index in [1.54, 1.807) is 0 Å². The molecule has 0 amide bonds. The average molecular weight is 325 g/mol. The van der Waals surface area contributed by atoms with Crippen molar-refractivity contribution in [3.05, 3.63) is 45.2 Å². The molecule has 0 radical (unpaired) electrons. The molecule has 1 heterocycles. The molecule has 0 spiro atoms. The smallest absolute Gasteiger partial charge is 0.253 e. The molecule has 1 aromatic heterocycles. The Hall–Kier alpha value is -1.50. The summed E-state index contributed by atoms with van der Waals surface area (Å²) < 4.78 is 0. The summed E-state index contributed by atoms with van der Waals surface area (Å²) in [6.45, 7) is 3.80. The van der Waals surface area contributed by atoms with Gasteiger partial charge < -0.3 is 16.0 Å². The number of H-pyrrole nitrogens is 1. The highest BCUT2D eigenvalue weighted by Crippen LogP contribution is 2.30. The fourth-order valence-electron chi connectivity index (χ4n) is 1.78. The largest absolute Gasteiger partial charge is 0.383 e. The van der Waals surface area contributed by atoms with Crippen molar-refractivity contribution in [3.8, 4) is 0 Å². The van der Waals surface area contributed by atoms with Crippen molar-refractivity contribution in [1.29, 1.82) is 0 Å². The Morgan fingerprint density at radius 3 is 2.95 bits per heavy atom. The first-order valence-corrected chi connectivity index (χ1v) is 7.81. The number of aromatic amines is 1. The van der Waals surface area contributed by atoms with Crippen LogP contribution in [0.1, 0.15) is 18.9 Å². The lowest BCUT2D eigenvalue weighted by atomic mass is 10.2. The number of rotatable bonds is 6. The van der Waals surface area contributed by atoms with Crippen molar-refractivity contribution < 1.29 is 0 Å². The topological polar surface area (TPSA) is 83.8 Å². The fourth-order valence-corrected chi connectivity index (χ4v) is 2.98. The van der Waals surface area contributed by atoms with E-state index in [0.29, 0.717) is 10.2 Å². The predicted molar refractivity (Wildman–Crippen MR) is 86.8 cm³/mol. The van der Waals surface area contributed by atoms with Crippen LogP contribution in [-0.2, 0) is 6.54 Å². The van der Waals surface area contributed by atoms with Crippen LogP contribution in [-0.4, -0.2) is 16.5 Å². The van der Waals surface area contributed by atoms with Crippen LogP contribution in [0.4, 0.5) is 5.82 Å². The first-order chi connectivity index (χ1) is 10.1. The van der Waals surface area contributed by atoms with Crippen molar-refractivity contribution in [2.24, 2.45) is 0 Å². The van der Waals surface area contributed by atoms with Crippen molar-refractivity contribution in [3.63, 3.8) is 0 Å². The zero-order chi connectivity index (χ0) is 15.2. The van der Waals surface area contributed by atoms with Crippen molar-refractivity contribution in [2.75, 3.05) is 12.3 Å². The number of nitrogens with two attached hydrogens (primary N) is 1. The van der Waals surface area contributed by atoms with Gasteiger partial charge in [0.1, 0.15) is 5.82 Å². The Bertz CT molecular complexity index is 674. The van der Waals surface area contributed by atoms with Crippen LogP contribution in [0, 0.1) is 0 Å². The summed E-state index contributed by atoms with van der Waals surface area (Å²) in [6.07, 6.45) is 1.07. The van der Waals surface area contributed by atoms with Gasteiger partial charge >= 0.3 is 0 Å². The zero-order valence-corrected chi connectivity index (χ0v) is 13.2. The van der Waals surface area contributed by atoms with Gasteiger partial charge in [0.2, 0.25) is 0 Å². The summed E-state index contributed by atoms with van der Waals surface area (Å²) >= 11 is 7.40. The summed E-state index contributed by atoms with van der Waals surface area (Å²) in [4.78, 5) is 19.2. The highest BCUT2D eigenvalue weighted by molar-refractivity contribution is 7.99. The number of hydrogen-bond acceptors (Lipinski definition) is 5. The molecule has 0 aliphatic heterocycles. The minimum absolute atomic E-state index is 0.203. The Labute approximate surface area is 132 Å². The molecule has 0 saturated carbocycles. The summed E-state index contributed by atoms with van der Waals surface area (Å²) in [6, 6.07) is 6.94. The number of aromatic nitrogens is 2. The van der Waals surface area contributed by atoms with E-state index in [-0.39, 0.29) is 11.4 Å². The van der Waals surface area contributed by atoms with E-state index in [1.807, 2.05) is 18.2 Å². The average Bonchev–Trinajstić information content (AvgIpc) is 2.40. The van der Waals surface area contributed by atoms with Crippen molar-refractivity contribution in [1.82, 2.24) is 15.3 Å². The number of nitrogen functional groups attached to an aromatic ring is 1. The summed E-state index contributed by atoms with van der Waals surface area (Å²) in [5.74, 6) is 0.203. The van der Waals surface area contributed by atoms with Gasteiger partial charge in [-0.3, -0.25) is 4.79 Å². The minimum atomic E-state index is -0.266. The molecule has 0 atom stereocenters. The molecule has 0 aliphatic rings. The molecular formula is C14H17ClN4OS. The third-order valence-electron chi connectivity index (χ3n) is 2.72. The van der Waals surface area contributed by atoms with Crippen LogP contribution in [0.25, 0.3) is 0 Å². The number of anilines is 1. The van der Waals surface area contributed by atoms with Crippen molar-refractivity contribution >= 4 is 29.2 Å². The van der Waals surface area contributed by atoms with Crippen LogP contribution in [0.2, 0.25) is 5.02 Å². The molecule has 112 valence electrons. The Morgan fingerprint density at radius 1 is 1.43 bits per heavy atom. The quantitative estimate of drug-likeness (QED) is 0.562. The van der Waals surface area contributed by atoms with Gasteiger partial charge in [-0.15, -0.1) is 0 Å². The van der Waals surface area contributed by atoms with Gasteiger partial charge in [0.05, 0.1) is 0 Å². The number of benzene rings is 1. The molecule has 0 unspecified atom stereocenters. The van der Waals surface area contributed by atoms with Gasteiger partial charge in [-0.1, -0.05) is 36.4 Å². The minimum Gasteiger partial charge on any atom is -0.383 e. The number of hydrogen-bond donors (Lipinski definition) is 3. The Balaban J connectivity index is 2.24. The second-order valence-electron chi connectivity index (χ2n) is 4.51. The lowest BCUT2D eigenvalue weighted by Gasteiger charge is -2.10. The van der Waals surface area contributed by atoms with Crippen LogP contribution >= 0.6 is 23.4 Å². The molecule has 21 heavy (non-hydrogen) atoms. The molecule has 0 fully saturated rings. The van der Waals surface area contributed by atoms with Gasteiger partial charge in [-0.25, -0.2) is 4.98 Å². The zero-order valence-electron chi connectivity index (χ0n) is 11.6. The lowest BCUT2D eigenvalue weighted by Crippen LogP contribution is -2.14. The summed E-state index contributed by atoms with van der Waals surface area (Å²) in [5.41, 5.74) is 6.43. The molecule has 4 N–H and O–H groups in total. The van der Waals surface area contributed by atoms with Crippen LogP contribution in [0.15, 0.2) is 39.1 Å². The van der Waals surface area contributed by atoms with Gasteiger partial charge in [0.15, 0.2) is 5.16 Å². The molecule has 2 rings (SSSR count). The highest BCUT2D eigenvalue weighted by atomic mass is 35.5. The van der Waals surface area contributed by atoms with E-state index >= 15 is 0 Å². The number of nitrogens with one attached hydrogen (secondary N) is 2. The molecule has 0 aliphatic carbocycles. The standard InChI is InChI=1S/C14H17ClN4OS/c1-2-5-17-8-9-3-4-10(15)6-11(9)21-14-18-12(16)7-13(20)19-14/h3-4,6-7,17H,2,5,8H2,1H3,(H3,16,18,19,20). The van der Waals surface area contributed by atoms with Gasteiger partial charge in [0, 0.05) is 22.5 Å². The fraction of sp³-hybridized carbons (Fsp3) is 0.286. The van der Waals surface area contributed by atoms with E-state index < -0.39 is 0 Å². The number of nitrogens with zero attached hydrogens (tertiary/aromatic N) is 1. The first kappa shape index (κ1) is 15.9. The molecule has 7 heteroatoms. The van der Waals surface area contributed by atoms with E-state index in [9.17, 15) is 4.79 Å². The van der Waals surface area contributed by atoms with E-state index in [4.69, 9.17) is 17.3 Å². The van der Waals surface area contributed by atoms with Gasteiger partial charge in [-0.2, -0.15) is 0 Å². The third kappa shape index (κ3) is 4.77. The highest BCUT2D eigenvalue weighted by Gasteiger charge is 2.08. The molecular weight excluding hydrogens is 308 g/mol. The van der Waals surface area contributed by atoms with Gasteiger partial charge in [0.25, 0.3) is 5.56 Å². The Kier molecular flexibility index (Phi) is 5.67. The van der Waals surface area contributed by atoms with E-state index in [2.05, 4.69) is 22.2 Å². The molecule has 0 bridgehead atoms. The maximum absolute atomic E-state index is 11.4. The SMILES string of the molecule is CCCNCc1ccc(Cl)cc1Sc1nc(N)cc(=O)[nH]1.